The summed E-state index contributed by atoms with van der Waals surface area (Å²) in [5, 5.41) is 23.5. The van der Waals surface area contributed by atoms with E-state index in [1.54, 1.807) is 6.20 Å². The third-order valence-corrected chi connectivity index (χ3v) is 3.46. The summed E-state index contributed by atoms with van der Waals surface area (Å²) in [6, 6.07) is 2.54. The number of aliphatic hydroxyl groups excluding tert-OH is 1. The molecule has 0 aliphatic heterocycles. The van der Waals surface area contributed by atoms with Gasteiger partial charge in [-0.15, -0.1) is 0 Å². The zero-order valence-electron chi connectivity index (χ0n) is 9.72. The number of aliphatic hydroxyl groups is 1. The quantitative estimate of drug-likeness (QED) is 0.847. The molecule has 0 amide bonds. The molecule has 1 fully saturated rings. The van der Waals surface area contributed by atoms with Gasteiger partial charge in [0.2, 0.25) is 0 Å². The first-order valence-corrected chi connectivity index (χ1v) is 5.72. The average Bonchev–Trinajstić information content (AvgIpc) is 2.65. The van der Waals surface area contributed by atoms with Gasteiger partial charge in [-0.25, -0.2) is 0 Å². The fraction of sp³-hybridized carbons (Fsp3) is 0.667. The van der Waals surface area contributed by atoms with Crippen LogP contribution in [0.3, 0.4) is 0 Å². The lowest BCUT2D eigenvalue weighted by Gasteiger charge is -2.38. The fourth-order valence-corrected chi connectivity index (χ4v) is 2.10. The number of nitriles is 1. The SMILES string of the molecule is CC(C)n1cc(C(O)C2(C#N)CCC2)cn1. The van der Waals surface area contributed by atoms with Gasteiger partial charge in [0.15, 0.2) is 0 Å². The number of aromatic nitrogens is 2. The van der Waals surface area contributed by atoms with E-state index in [4.69, 9.17) is 5.26 Å². The Kier molecular flexibility index (Phi) is 2.73. The van der Waals surface area contributed by atoms with Crippen LogP contribution in [0.1, 0.15) is 50.8 Å². The van der Waals surface area contributed by atoms with E-state index in [9.17, 15) is 5.11 Å². The van der Waals surface area contributed by atoms with Crippen molar-refractivity contribution >= 4 is 0 Å². The van der Waals surface area contributed by atoms with E-state index in [1.165, 1.54) is 0 Å². The molecule has 1 aromatic rings. The maximum Gasteiger partial charge on any atom is 0.101 e. The Hall–Kier alpha value is -1.34. The molecule has 0 saturated heterocycles. The molecule has 0 bridgehead atoms. The first kappa shape index (κ1) is 11.2. The maximum absolute atomic E-state index is 10.2. The summed E-state index contributed by atoms with van der Waals surface area (Å²) in [7, 11) is 0. The third kappa shape index (κ3) is 1.61. The van der Waals surface area contributed by atoms with Gasteiger partial charge in [-0.3, -0.25) is 4.68 Å². The van der Waals surface area contributed by atoms with E-state index in [0.29, 0.717) is 0 Å². The van der Waals surface area contributed by atoms with Gasteiger partial charge in [0.1, 0.15) is 6.10 Å². The predicted octanol–water partition coefficient (Wildman–Crippen LogP) is 2.19. The highest BCUT2D eigenvalue weighted by molar-refractivity contribution is 5.20. The maximum atomic E-state index is 10.2. The molecule has 1 unspecified atom stereocenters. The number of rotatable bonds is 3. The molecule has 0 aromatic carbocycles. The molecule has 1 saturated carbocycles. The van der Waals surface area contributed by atoms with Gasteiger partial charge in [-0.2, -0.15) is 10.4 Å². The number of nitrogens with zero attached hydrogens (tertiary/aromatic N) is 3. The molecule has 1 atom stereocenters. The average molecular weight is 219 g/mol. The van der Waals surface area contributed by atoms with Crippen molar-refractivity contribution in [2.24, 2.45) is 5.41 Å². The lowest BCUT2D eigenvalue weighted by atomic mass is 9.65. The highest BCUT2D eigenvalue weighted by Crippen LogP contribution is 2.49. The van der Waals surface area contributed by atoms with Crippen molar-refractivity contribution in [3.63, 3.8) is 0 Å². The van der Waals surface area contributed by atoms with Crippen LogP contribution in [0.25, 0.3) is 0 Å². The van der Waals surface area contributed by atoms with Crippen LogP contribution >= 0.6 is 0 Å². The van der Waals surface area contributed by atoms with Gasteiger partial charge in [0.25, 0.3) is 0 Å². The molecule has 86 valence electrons. The molecule has 1 aliphatic rings. The lowest BCUT2D eigenvalue weighted by molar-refractivity contribution is 0.00787. The van der Waals surface area contributed by atoms with E-state index in [0.717, 1.165) is 24.8 Å². The predicted molar refractivity (Wildman–Crippen MR) is 59.5 cm³/mol. The molecule has 16 heavy (non-hydrogen) atoms. The smallest absolute Gasteiger partial charge is 0.101 e. The summed E-state index contributed by atoms with van der Waals surface area (Å²) in [5.41, 5.74) is 0.195. The second-order valence-corrected chi connectivity index (χ2v) is 4.87. The highest BCUT2D eigenvalue weighted by Gasteiger charge is 2.45. The summed E-state index contributed by atoms with van der Waals surface area (Å²) >= 11 is 0. The van der Waals surface area contributed by atoms with Crippen molar-refractivity contribution in [3.8, 4) is 6.07 Å². The van der Waals surface area contributed by atoms with Gasteiger partial charge in [-0.1, -0.05) is 6.42 Å². The molecular weight excluding hydrogens is 202 g/mol. The molecule has 1 aromatic heterocycles. The normalized spacial score (nSPS) is 20.2. The van der Waals surface area contributed by atoms with Gasteiger partial charge in [-0.05, 0) is 26.7 Å². The number of hydrogen-bond donors (Lipinski definition) is 1. The molecule has 0 radical (unpaired) electrons. The molecule has 1 heterocycles. The first-order valence-electron chi connectivity index (χ1n) is 5.72. The van der Waals surface area contributed by atoms with Crippen LogP contribution in [0, 0.1) is 16.7 Å². The van der Waals surface area contributed by atoms with Gasteiger partial charge in [0.05, 0.1) is 17.7 Å². The van der Waals surface area contributed by atoms with Crippen LogP contribution in [-0.2, 0) is 0 Å². The van der Waals surface area contributed by atoms with Crippen molar-refractivity contribution in [3.05, 3.63) is 18.0 Å². The minimum absolute atomic E-state index is 0.278. The molecule has 1 N–H and O–H groups in total. The van der Waals surface area contributed by atoms with E-state index in [2.05, 4.69) is 11.2 Å². The Labute approximate surface area is 95.5 Å². The van der Waals surface area contributed by atoms with Crippen molar-refractivity contribution < 1.29 is 5.11 Å². The van der Waals surface area contributed by atoms with E-state index >= 15 is 0 Å². The molecule has 0 spiro atoms. The van der Waals surface area contributed by atoms with E-state index in [-0.39, 0.29) is 6.04 Å². The molecule has 2 rings (SSSR count). The van der Waals surface area contributed by atoms with E-state index in [1.807, 2.05) is 24.7 Å². The van der Waals surface area contributed by atoms with Crippen LogP contribution in [0.4, 0.5) is 0 Å². The van der Waals surface area contributed by atoms with Crippen LogP contribution < -0.4 is 0 Å². The Bertz CT molecular complexity index is 412. The van der Waals surface area contributed by atoms with Gasteiger partial charge < -0.3 is 5.11 Å². The van der Waals surface area contributed by atoms with Crippen LogP contribution in [0.5, 0.6) is 0 Å². The Balaban J connectivity index is 2.21. The van der Waals surface area contributed by atoms with Crippen LogP contribution in [-0.4, -0.2) is 14.9 Å². The summed E-state index contributed by atoms with van der Waals surface area (Å²) < 4.78 is 1.81. The summed E-state index contributed by atoms with van der Waals surface area (Å²) in [5.74, 6) is 0. The second kappa shape index (κ2) is 3.91. The molecular formula is C12H17N3O. The fourth-order valence-electron chi connectivity index (χ4n) is 2.10. The van der Waals surface area contributed by atoms with Crippen LogP contribution in [0.2, 0.25) is 0 Å². The monoisotopic (exact) mass is 219 g/mol. The standard InChI is InChI=1S/C12H17N3O/c1-9(2)15-7-10(6-14-15)11(16)12(8-13)4-3-5-12/h6-7,9,11,16H,3-5H2,1-2H3. The molecule has 4 heteroatoms. The summed E-state index contributed by atoms with van der Waals surface area (Å²) in [6.45, 7) is 4.07. The van der Waals surface area contributed by atoms with Crippen molar-refractivity contribution in [2.75, 3.05) is 0 Å². The second-order valence-electron chi connectivity index (χ2n) is 4.87. The Morgan fingerprint density at radius 1 is 1.56 bits per heavy atom. The summed E-state index contributed by atoms with van der Waals surface area (Å²) in [4.78, 5) is 0. The number of hydrogen-bond acceptors (Lipinski definition) is 3. The zero-order valence-corrected chi connectivity index (χ0v) is 9.72. The molecule has 4 nitrogen and oxygen atoms in total. The van der Waals surface area contributed by atoms with E-state index < -0.39 is 11.5 Å². The lowest BCUT2D eigenvalue weighted by Crippen LogP contribution is -2.34. The highest BCUT2D eigenvalue weighted by atomic mass is 16.3. The third-order valence-electron chi connectivity index (χ3n) is 3.46. The first-order chi connectivity index (χ1) is 7.59. The zero-order chi connectivity index (χ0) is 11.8. The Morgan fingerprint density at radius 2 is 2.25 bits per heavy atom. The topological polar surface area (TPSA) is 61.8 Å². The van der Waals surface area contributed by atoms with Crippen molar-refractivity contribution in [1.82, 2.24) is 9.78 Å². The Morgan fingerprint density at radius 3 is 2.62 bits per heavy atom. The minimum Gasteiger partial charge on any atom is -0.387 e. The van der Waals surface area contributed by atoms with Crippen molar-refractivity contribution in [2.45, 2.75) is 45.3 Å². The minimum atomic E-state index is -0.696. The van der Waals surface area contributed by atoms with Crippen molar-refractivity contribution in [1.29, 1.82) is 5.26 Å². The van der Waals surface area contributed by atoms with Crippen LogP contribution in [0.15, 0.2) is 12.4 Å². The molecule has 1 aliphatic carbocycles. The largest absolute Gasteiger partial charge is 0.387 e. The summed E-state index contributed by atoms with van der Waals surface area (Å²) in [6.07, 6.45) is 5.42. The van der Waals surface area contributed by atoms with Gasteiger partial charge >= 0.3 is 0 Å². The van der Waals surface area contributed by atoms with Gasteiger partial charge in [0, 0.05) is 17.8 Å².